The molecule has 11 atom stereocenters. The van der Waals surface area contributed by atoms with Crippen LogP contribution in [-0.2, 0) is 60.3 Å². The number of nitrogen functional groups attached to an aromatic ring is 2. The standard InChI is InChI=1S/C40H54F2N10O13P2/c1-22-15-66(55,60-20-57-37(53)39(2)10-6-4-7-11-39)64-29-23(62-35(24(29)41)51-18-49-26-31(43)45-16-47-33(26)51)14-59-67(56,61-21-58-38(54)40(3)12-8-5-9-13-40)65-30-25(42)36(63-28(22)30)52-19-50-27-32(44)46-17-48-34(27)52/h16-19,22-25,28-30,35-36H,4-15,20-21H2,1-3H3,(H2,43,45,47)(H2,44,46,48)/t22-,23-,24-,25-,28-,29-,30+,35-,36-,66?,67?/m1/s1. The van der Waals surface area contributed by atoms with Crippen molar-refractivity contribution in [1.82, 2.24) is 39.0 Å². The van der Waals surface area contributed by atoms with Gasteiger partial charge in [-0.1, -0.05) is 45.4 Å². The lowest BCUT2D eigenvalue weighted by atomic mass is 9.76. The number of alkyl halides is 2. The Hall–Kier alpha value is -4.32. The summed E-state index contributed by atoms with van der Waals surface area (Å²) in [7, 11) is -9.77. The van der Waals surface area contributed by atoms with Gasteiger partial charge < -0.3 is 30.4 Å². The number of nitrogens with zero attached hydrogens (tertiary/aromatic N) is 8. The lowest BCUT2D eigenvalue weighted by Gasteiger charge is -2.34. The van der Waals surface area contributed by atoms with Crippen LogP contribution in [0.3, 0.4) is 0 Å². The van der Waals surface area contributed by atoms with Crippen molar-refractivity contribution < 1.29 is 69.1 Å². The van der Waals surface area contributed by atoms with Crippen molar-refractivity contribution in [1.29, 1.82) is 0 Å². The van der Waals surface area contributed by atoms with Gasteiger partial charge in [0.15, 0.2) is 47.7 Å². The number of ether oxygens (including phenoxy) is 4. The highest BCUT2D eigenvalue weighted by Crippen LogP contribution is 2.59. The maximum atomic E-state index is 17.3. The first-order valence-corrected chi connectivity index (χ1v) is 25.5. The minimum absolute atomic E-state index is 0.0000282. The van der Waals surface area contributed by atoms with Crippen LogP contribution >= 0.6 is 15.4 Å². The van der Waals surface area contributed by atoms with Crippen LogP contribution in [0, 0.1) is 16.7 Å². The number of imidazole rings is 2. The summed E-state index contributed by atoms with van der Waals surface area (Å²) >= 11 is 0. The van der Waals surface area contributed by atoms with E-state index in [4.69, 9.17) is 53.0 Å². The largest absolute Gasteiger partial charge is 0.478 e. The number of fused-ring (bicyclic) bond motifs is 4. The van der Waals surface area contributed by atoms with E-state index in [-0.39, 0.29) is 34.0 Å². The number of hydrogen-bond acceptors (Lipinski definition) is 21. The molecule has 3 aliphatic heterocycles. The molecular formula is C40H54F2N10O13P2. The van der Waals surface area contributed by atoms with Crippen LogP contribution in [0.2, 0.25) is 0 Å². The van der Waals surface area contributed by atoms with Crippen LogP contribution in [0.4, 0.5) is 20.4 Å². The van der Waals surface area contributed by atoms with Crippen LogP contribution in [-0.4, -0.2) is 114 Å². The predicted molar refractivity (Wildman–Crippen MR) is 228 cm³/mol. The molecule has 4 N–H and O–H groups in total. The van der Waals surface area contributed by atoms with Gasteiger partial charge in [0.1, 0.15) is 42.0 Å². The van der Waals surface area contributed by atoms with Crippen molar-refractivity contribution >= 4 is 61.3 Å². The van der Waals surface area contributed by atoms with Gasteiger partial charge in [-0.25, -0.2) is 47.8 Å². The zero-order chi connectivity index (χ0) is 47.3. The van der Waals surface area contributed by atoms with Gasteiger partial charge in [-0.3, -0.25) is 41.4 Å². The van der Waals surface area contributed by atoms with Crippen LogP contribution in [0.5, 0.6) is 0 Å². The quantitative estimate of drug-likeness (QED) is 0.104. The second kappa shape index (κ2) is 18.9. The van der Waals surface area contributed by atoms with Gasteiger partial charge in [0.25, 0.3) is 0 Å². The van der Waals surface area contributed by atoms with Crippen LogP contribution in [0.15, 0.2) is 25.3 Å². The molecule has 5 aliphatic rings. The minimum atomic E-state index is -5.09. The van der Waals surface area contributed by atoms with Crippen molar-refractivity contribution in [2.24, 2.45) is 16.7 Å². The fourth-order valence-electron chi connectivity index (χ4n) is 9.65. The monoisotopic (exact) mass is 982 g/mol. The summed E-state index contributed by atoms with van der Waals surface area (Å²) in [5, 5.41) is 0. The first-order chi connectivity index (χ1) is 32.0. The normalized spacial score (nSPS) is 34.4. The fraction of sp³-hybridized carbons (Fsp3) is 0.700. The van der Waals surface area contributed by atoms with E-state index in [1.807, 2.05) is 0 Å². The van der Waals surface area contributed by atoms with Crippen molar-refractivity contribution in [3.63, 3.8) is 0 Å². The molecule has 27 heteroatoms. The van der Waals surface area contributed by atoms with Gasteiger partial charge in [0.05, 0.1) is 42.4 Å². The van der Waals surface area contributed by atoms with Gasteiger partial charge in [-0.15, -0.1) is 0 Å². The SMILES string of the molecule is C[C@@H]1CP(=O)(OCOC(=O)C2(C)CCCCC2)O[C@H]2[C@@H](F)[C@H](n3cnc4c(N)ncnc43)O[C@@H]2COP(=O)(OCOC(=O)C2(C)CCCCC2)O[C@H]2[C@@H](F)[C@H](n3cnc4c(N)ncnc43)O[C@@H]21. The average Bonchev–Trinajstić information content (AvgIpc) is 4.08. The van der Waals surface area contributed by atoms with Crippen molar-refractivity contribution in [3.8, 4) is 0 Å². The molecule has 2 saturated carbocycles. The number of carbonyl (C=O) groups is 2. The Kier molecular flexibility index (Phi) is 13.5. The Morgan fingerprint density at radius 2 is 1.22 bits per heavy atom. The summed E-state index contributed by atoms with van der Waals surface area (Å²) in [6, 6.07) is 0. The molecule has 5 fully saturated rings. The lowest BCUT2D eigenvalue weighted by Crippen LogP contribution is -2.40. The first kappa shape index (κ1) is 47.7. The van der Waals surface area contributed by atoms with E-state index in [0.29, 0.717) is 25.7 Å². The number of hydrogen-bond donors (Lipinski definition) is 2. The van der Waals surface area contributed by atoms with Crippen molar-refractivity contribution in [2.75, 3.05) is 37.8 Å². The molecule has 3 saturated heterocycles. The van der Waals surface area contributed by atoms with Crippen LogP contribution in [0.25, 0.3) is 22.3 Å². The zero-order valence-electron chi connectivity index (χ0n) is 37.1. The smallest absolute Gasteiger partial charge is 0.438 e. The molecule has 366 valence electrons. The minimum Gasteiger partial charge on any atom is -0.438 e. The zero-order valence-corrected chi connectivity index (χ0v) is 38.9. The highest BCUT2D eigenvalue weighted by molar-refractivity contribution is 7.53. The Bertz CT molecular complexity index is 2560. The first-order valence-electron chi connectivity index (χ1n) is 22.3. The summed E-state index contributed by atoms with van der Waals surface area (Å²) in [6.45, 7) is 2.40. The molecule has 4 aromatic rings. The molecule has 0 amide bonds. The second-order valence-corrected chi connectivity index (χ2v) is 22.0. The maximum absolute atomic E-state index is 17.3. The number of phosphoric acid groups is 1. The van der Waals surface area contributed by atoms with E-state index in [2.05, 4.69) is 29.9 Å². The maximum Gasteiger partial charge on any atom is 0.478 e. The molecule has 0 spiro atoms. The number of aromatic nitrogens is 8. The summed E-state index contributed by atoms with van der Waals surface area (Å²) in [4.78, 5) is 51.4. The summed E-state index contributed by atoms with van der Waals surface area (Å²) < 4.78 is 120. The van der Waals surface area contributed by atoms with Gasteiger partial charge in [0, 0.05) is 0 Å². The number of halogens is 2. The Morgan fingerprint density at radius 3 is 1.78 bits per heavy atom. The van der Waals surface area contributed by atoms with E-state index in [1.165, 1.54) is 28.7 Å². The van der Waals surface area contributed by atoms with Crippen molar-refractivity contribution in [2.45, 2.75) is 134 Å². The van der Waals surface area contributed by atoms with E-state index in [9.17, 15) is 14.2 Å². The van der Waals surface area contributed by atoms with Gasteiger partial charge in [-0.05, 0) is 45.4 Å². The number of carbonyl (C=O) groups excluding carboxylic acids is 2. The summed E-state index contributed by atoms with van der Waals surface area (Å²) in [5.41, 5.74) is 10.8. The molecule has 7 heterocycles. The van der Waals surface area contributed by atoms with E-state index >= 15 is 13.3 Å². The number of nitrogens with two attached hydrogens (primary N) is 2. The van der Waals surface area contributed by atoms with Gasteiger partial charge in [-0.2, -0.15) is 0 Å². The molecular weight excluding hydrogens is 928 g/mol. The van der Waals surface area contributed by atoms with Crippen LogP contribution < -0.4 is 11.5 Å². The van der Waals surface area contributed by atoms with Crippen molar-refractivity contribution in [3.05, 3.63) is 25.3 Å². The molecule has 4 aromatic heterocycles. The number of esters is 2. The number of anilines is 2. The molecule has 2 unspecified atom stereocenters. The average molecular weight is 983 g/mol. The third-order valence-electron chi connectivity index (χ3n) is 13.5. The fourth-order valence-corrected chi connectivity index (χ4v) is 12.9. The molecule has 9 rings (SSSR count). The molecule has 2 aliphatic carbocycles. The number of phosphoric ester groups is 1. The number of rotatable bonds is 10. The molecule has 0 aromatic carbocycles. The van der Waals surface area contributed by atoms with E-state index in [0.717, 1.165) is 51.2 Å². The second-order valence-electron chi connectivity index (χ2n) is 18.4. The Labute approximate surface area is 382 Å². The van der Waals surface area contributed by atoms with E-state index < -0.39 is 120 Å². The molecule has 0 radical (unpaired) electrons. The van der Waals surface area contributed by atoms with Gasteiger partial charge >= 0.3 is 27.4 Å². The lowest BCUT2D eigenvalue weighted by molar-refractivity contribution is -0.165. The predicted octanol–water partition coefficient (Wildman–Crippen LogP) is 6.01. The Balaban J connectivity index is 1.05. The highest BCUT2D eigenvalue weighted by Gasteiger charge is 2.57. The summed E-state index contributed by atoms with van der Waals surface area (Å²) in [5.74, 6) is -2.29. The molecule has 0 bridgehead atoms. The highest BCUT2D eigenvalue weighted by atomic mass is 31.2. The van der Waals surface area contributed by atoms with Gasteiger partial charge in [0.2, 0.25) is 13.6 Å². The van der Waals surface area contributed by atoms with E-state index in [1.54, 1.807) is 13.8 Å². The topological polar surface area (TPSA) is 291 Å². The van der Waals surface area contributed by atoms with Crippen LogP contribution in [0.1, 0.15) is 97.4 Å². The molecule has 23 nitrogen and oxygen atoms in total. The summed E-state index contributed by atoms with van der Waals surface area (Å²) in [6.07, 6.45) is -2.71. The molecule has 67 heavy (non-hydrogen) atoms. The third kappa shape index (κ3) is 9.42. The Morgan fingerprint density at radius 1 is 0.716 bits per heavy atom. The third-order valence-corrected chi connectivity index (χ3v) is 17.0.